The Morgan fingerprint density at radius 3 is 1.92 bits per heavy atom. The molecule has 2 saturated heterocycles. The van der Waals surface area contributed by atoms with Gasteiger partial charge in [0.2, 0.25) is 11.8 Å². The molecule has 7 N–H and O–H groups in total. The molecule has 0 aromatic heterocycles. The second-order valence-corrected chi connectivity index (χ2v) is 14.0. The third-order valence-corrected chi connectivity index (χ3v) is 9.57. The quantitative estimate of drug-likeness (QED) is 0.106. The van der Waals surface area contributed by atoms with Gasteiger partial charge in [0.05, 0.1) is 45.2 Å². The van der Waals surface area contributed by atoms with Crippen molar-refractivity contribution in [2.24, 2.45) is 5.73 Å². The standard InChI is InChI=1S/C33H48N3O13P/c1-20(38)35-27-26(48-24(15-37)29(40)30(27)41)19-50(42,43)47-18-25-31(45-16-22-9-5-3-6-10-22)32(46-17-23-11-7-4-8-12-23)28(36-21(2)39)33(49-25)44-14-13-34/h3-12,24-33,37,40-41H,13-19,34H2,1-2H3,(H,35,38)(H,36,39)(H,42,43)/p-1/t24?,25?,26-,27?,28?,29-,30-,31-,32+,33+/m1/s1. The molecule has 2 aliphatic heterocycles. The van der Waals surface area contributed by atoms with Crippen molar-refractivity contribution in [3.63, 3.8) is 0 Å². The number of amides is 2. The van der Waals surface area contributed by atoms with Gasteiger partial charge >= 0.3 is 0 Å². The first kappa shape index (κ1) is 39.9. The minimum Gasteiger partial charge on any atom is -0.778 e. The lowest BCUT2D eigenvalue weighted by Crippen LogP contribution is -2.66. The number of carbonyl (C=O) groups excluding carboxylic acids is 2. The van der Waals surface area contributed by atoms with Gasteiger partial charge in [0.25, 0.3) is 0 Å². The summed E-state index contributed by atoms with van der Waals surface area (Å²) in [7, 11) is -4.86. The van der Waals surface area contributed by atoms with E-state index < -0.39 is 99.9 Å². The van der Waals surface area contributed by atoms with Gasteiger partial charge in [-0.2, -0.15) is 0 Å². The summed E-state index contributed by atoms with van der Waals surface area (Å²) in [5.74, 6) is -1.00. The number of benzene rings is 2. The monoisotopic (exact) mass is 724 g/mol. The average Bonchev–Trinajstić information content (AvgIpc) is 3.09. The van der Waals surface area contributed by atoms with E-state index in [2.05, 4.69) is 10.6 Å². The molecule has 4 rings (SSSR count). The maximum Gasteiger partial charge on any atom is 0.217 e. The lowest BCUT2D eigenvalue weighted by atomic mass is 9.93. The third kappa shape index (κ3) is 11.3. The number of hydrogen-bond donors (Lipinski definition) is 6. The maximum absolute atomic E-state index is 13.5. The van der Waals surface area contributed by atoms with E-state index in [4.69, 9.17) is 33.9 Å². The highest BCUT2D eigenvalue weighted by atomic mass is 31.2. The number of ether oxygens (including phenoxy) is 5. The first-order valence-corrected chi connectivity index (χ1v) is 18.0. The summed E-state index contributed by atoms with van der Waals surface area (Å²) in [4.78, 5) is 37.7. The van der Waals surface area contributed by atoms with E-state index in [1.807, 2.05) is 60.7 Å². The summed E-state index contributed by atoms with van der Waals surface area (Å²) < 4.78 is 49.4. The smallest absolute Gasteiger partial charge is 0.217 e. The van der Waals surface area contributed by atoms with Crippen LogP contribution < -0.4 is 21.3 Å². The van der Waals surface area contributed by atoms with Crippen molar-refractivity contribution in [3.05, 3.63) is 71.8 Å². The molecule has 2 aromatic rings. The Hall–Kier alpha value is -2.83. The number of aliphatic hydroxyl groups is 3. The van der Waals surface area contributed by atoms with E-state index in [9.17, 15) is 34.4 Å². The fraction of sp³-hybridized carbons (Fsp3) is 0.576. The fourth-order valence-corrected chi connectivity index (χ4v) is 7.14. The minimum absolute atomic E-state index is 0.0408. The summed E-state index contributed by atoms with van der Waals surface area (Å²) in [6.45, 7) is 1.52. The molecule has 2 aliphatic rings. The summed E-state index contributed by atoms with van der Waals surface area (Å²) in [5, 5.41) is 35.9. The molecule has 50 heavy (non-hydrogen) atoms. The largest absolute Gasteiger partial charge is 0.778 e. The highest BCUT2D eigenvalue weighted by molar-refractivity contribution is 7.51. The van der Waals surface area contributed by atoms with Crippen LogP contribution in [0.4, 0.5) is 0 Å². The molecular formula is C33H47N3O13P-. The van der Waals surface area contributed by atoms with E-state index in [0.29, 0.717) is 0 Å². The highest BCUT2D eigenvalue weighted by Gasteiger charge is 2.50. The molecule has 2 aromatic carbocycles. The van der Waals surface area contributed by atoms with Crippen LogP contribution in [0.15, 0.2) is 60.7 Å². The molecule has 2 heterocycles. The second-order valence-electron chi connectivity index (χ2n) is 12.1. The molecule has 17 heteroatoms. The van der Waals surface area contributed by atoms with Gasteiger partial charge in [-0.25, -0.2) is 0 Å². The lowest BCUT2D eigenvalue weighted by molar-refractivity contribution is -0.289. The molecule has 0 aliphatic carbocycles. The molecule has 2 fully saturated rings. The molecule has 11 atom stereocenters. The maximum atomic E-state index is 13.5. The van der Waals surface area contributed by atoms with Crippen LogP contribution in [0.5, 0.6) is 0 Å². The van der Waals surface area contributed by atoms with Crippen LogP contribution in [0.1, 0.15) is 25.0 Å². The van der Waals surface area contributed by atoms with Crippen molar-refractivity contribution in [1.82, 2.24) is 10.6 Å². The van der Waals surface area contributed by atoms with Gasteiger partial charge in [0.15, 0.2) is 6.29 Å². The SMILES string of the molecule is CC(=O)NC1[C@@H](O)[C@H](O)C(CO)O[C@@H]1CP(=O)([O-])OCC1O[C@H](OCCN)C(NC(C)=O)[C@H](OCc2ccccc2)[C@@H]1OCc1ccccc1. The Labute approximate surface area is 290 Å². The minimum atomic E-state index is -4.86. The Balaban J connectivity index is 1.61. The second kappa shape index (κ2) is 19.1. The van der Waals surface area contributed by atoms with E-state index in [0.717, 1.165) is 18.1 Å². The summed E-state index contributed by atoms with van der Waals surface area (Å²) in [6, 6.07) is 16.3. The van der Waals surface area contributed by atoms with Gasteiger partial charge in [-0.3, -0.25) is 9.59 Å². The average molecular weight is 725 g/mol. The van der Waals surface area contributed by atoms with E-state index in [1.54, 1.807) is 0 Å². The predicted molar refractivity (Wildman–Crippen MR) is 175 cm³/mol. The topological polar surface area (TPSA) is 240 Å². The molecule has 0 spiro atoms. The summed E-state index contributed by atoms with van der Waals surface area (Å²) in [6.07, 6.45) is -11.0. The zero-order valence-corrected chi connectivity index (χ0v) is 28.8. The van der Waals surface area contributed by atoms with Gasteiger partial charge in [-0.15, -0.1) is 0 Å². The van der Waals surface area contributed by atoms with Crippen molar-refractivity contribution in [3.8, 4) is 0 Å². The van der Waals surface area contributed by atoms with Crippen molar-refractivity contribution in [2.75, 3.05) is 32.5 Å². The Kier molecular flexibility index (Phi) is 15.3. The molecule has 0 saturated carbocycles. The van der Waals surface area contributed by atoms with Crippen molar-refractivity contribution in [1.29, 1.82) is 0 Å². The van der Waals surface area contributed by atoms with Gasteiger partial charge < -0.3 is 69.4 Å². The normalized spacial score (nSPS) is 31.0. The number of aliphatic hydroxyl groups excluding tert-OH is 3. The van der Waals surface area contributed by atoms with Crippen molar-refractivity contribution >= 4 is 19.4 Å². The zero-order valence-electron chi connectivity index (χ0n) is 27.9. The van der Waals surface area contributed by atoms with E-state index in [1.165, 1.54) is 6.92 Å². The number of nitrogens with one attached hydrogen (secondary N) is 2. The molecule has 0 radical (unpaired) electrons. The molecule has 16 nitrogen and oxygen atoms in total. The van der Waals surface area contributed by atoms with Crippen LogP contribution in [0.2, 0.25) is 0 Å². The number of nitrogens with two attached hydrogens (primary N) is 1. The first-order valence-electron chi connectivity index (χ1n) is 16.3. The summed E-state index contributed by atoms with van der Waals surface area (Å²) in [5.41, 5.74) is 7.34. The Morgan fingerprint density at radius 1 is 0.820 bits per heavy atom. The predicted octanol–water partition coefficient (Wildman–Crippen LogP) is -1.08. The van der Waals surface area contributed by atoms with Crippen molar-refractivity contribution in [2.45, 2.75) is 88.2 Å². The van der Waals surface area contributed by atoms with Crippen LogP contribution in [-0.2, 0) is 55.6 Å². The van der Waals surface area contributed by atoms with Crippen LogP contribution >= 0.6 is 7.60 Å². The highest BCUT2D eigenvalue weighted by Crippen LogP contribution is 2.42. The molecule has 5 unspecified atom stereocenters. The van der Waals surface area contributed by atoms with Crippen molar-refractivity contribution < 1.29 is 62.6 Å². The Morgan fingerprint density at radius 2 is 1.38 bits per heavy atom. The molecule has 0 bridgehead atoms. The molecule has 278 valence electrons. The van der Waals surface area contributed by atoms with Gasteiger partial charge in [-0.05, 0) is 11.1 Å². The van der Waals surface area contributed by atoms with Crippen LogP contribution in [0.25, 0.3) is 0 Å². The van der Waals surface area contributed by atoms with Gasteiger partial charge in [0, 0.05) is 26.6 Å². The zero-order chi connectivity index (χ0) is 36.3. The molecular weight excluding hydrogens is 677 g/mol. The van der Waals surface area contributed by atoms with Crippen LogP contribution in [0.3, 0.4) is 0 Å². The van der Waals surface area contributed by atoms with Gasteiger partial charge in [0.1, 0.15) is 50.3 Å². The first-order chi connectivity index (χ1) is 23.9. The molecule has 2 amide bonds. The van der Waals surface area contributed by atoms with Crippen LogP contribution in [-0.4, -0.2) is 121 Å². The number of carbonyl (C=O) groups is 2. The third-order valence-electron chi connectivity index (χ3n) is 8.22. The van der Waals surface area contributed by atoms with Gasteiger partial charge in [-0.1, -0.05) is 60.7 Å². The number of hydrogen-bond acceptors (Lipinski definition) is 14. The van der Waals surface area contributed by atoms with E-state index >= 15 is 0 Å². The fourth-order valence-electron chi connectivity index (χ4n) is 5.91. The number of rotatable bonds is 17. The Bertz CT molecular complexity index is 1390. The van der Waals surface area contributed by atoms with E-state index in [-0.39, 0.29) is 26.4 Å². The van der Waals surface area contributed by atoms with Crippen LogP contribution in [0, 0.1) is 0 Å². The lowest BCUT2D eigenvalue weighted by Gasteiger charge is -2.47. The summed E-state index contributed by atoms with van der Waals surface area (Å²) >= 11 is 0.